The standard InChI is InChI=1S/C19H28N4O3/c1-13-15(14(2)22-18(25)16(13)11-20)5-6-17(24)21-12-19(3,4)23-7-9-26-10-8-23/h5-10,12H2,1-4H3,(H,21,24)(H,22,25). The summed E-state index contributed by atoms with van der Waals surface area (Å²) in [6.07, 6.45) is 0.810. The van der Waals surface area contributed by atoms with Crippen molar-refractivity contribution in [3.05, 3.63) is 32.7 Å². The van der Waals surface area contributed by atoms with Gasteiger partial charge in [0.1, 0.15) is 11.6 Å². The summed E-state index contributed by atoms with van der Waals surface area (Å²) >= 11 is 0. The Balaban J connectivity index is 1.93. The number of nitrogens with one attached hydrogen (secondary N) is 2. The van der Waals surface area contributed by atoms with Crippen molar-refractivity contribution in [1.29, 1.82) is 5.26 Å². The molecule has 1 aromatic heterocycles. The fraction of sp³-hybridized carbons (Fsp3) is 0.632. The monoisotopic (exact) mass is 360 g/mol. The van der Waals surface area contributed by atoms with Crippen molar-refractivity contribution in [3.63, 3.8) is 0 Å². The van der Waals surface area contributed by atoms with E-state index in [1.807, 2.05) is 6.07 Å². The van der Waals surface area contributed by atoms with E-state index in [0.717, 1.165) is 31.9 Å². The molecule has 0 bridgehead atoms. The largest absolute Gasteiger partial charge is 0.379 e. The van der Waals surface area contributed by atoms with Gasteiger partial charge in [-0.1, -0.05) is 0 Å². The van der Waals surface area contributed by atoms with Crippen molar-refractivity contribution >= 4 is 5.91 Å². The molecule has 0 atom stereocenters. The van der Waals surface area contributed by atoms with E-state index in [-0.39, 0.29) is 22.6 Å². The van der Waals surface area contributed by atoms with Crippen molar-refractivity contribution in [2.75, 3.05) is 32.8 Å². The van der Waals surface area contributed by atoms with Crippen LogP contribution in [0.3, 0.4) is 0 Å². The summed E-state index contributed by atoms with van der Waals surface area (Å²) in [5.41, 5.74) is 1.87. The lowest BCUT2D eigenvalue weighted by atomic mass is 9.98. The molecule has 0 spiro atoms. The highest BCUT2D eigenvalue weighted by atomic mass is 16.5. The summed E-state index contributed by atoms with van der Waals surface area (Å²) in [7, 11) is 0. The lowest BCUT2D eigenvalue weighted by Crippen LogP contribution is -2.55. The average molecular weight is 360 g/mol. The first-order valence-corrected chi connectivity index (χ1v) is 8.98. The van der Waals surface area contributed by atoms with Crippen LogP contribution in [0.2, 0.25) is 0 Å². The van der Waals surface area contributed by atoms with Gasteiger partial charge < -0.3 is 15.0 Å². The van der Waals surface area contributed by atoms with Crippen LogP contribution in [-0.4, -0.2) is 54.2 Å². The number of nitriles is 1. The Morgan fingerprint density at radius 1 is 1.35 bits per heavy atom. The van der Waals surface area contributed by atoms with Gasteiger partial charge in [-0.3, -0.25) is 14.5 Å². The summed E-state index contributed by atoms with van der Waals surface area (Å²) in [4.78, 5) is 29.1. The molecule has 2 N–H and O–H groups in total. The van der Waals surface area contributed by atoms with Crippen molar-refractivity contribution in [1.82, 2.24) is 15.2 Å². The van der Waals surface area contributed by atoms with Gasteiger partial charge in [-0.15, -0.1) is 0 Å². The minimum Gasteiger partial charge on any atom is -0.379 e. The third-order valence-electron chi connectivity index (χ3n) is 5.11. The molecule has 0 aromatic carbocycles. The first-order chi connectivity index (χ1) is 12.3. The van der Waals surface area contributed by atoms with Crippen LogP contribution in [0.4, 0.5) is 0 Å². The molecule has 1 aliphatic rings. The molecule has 26 heavy (non-hydrogen) atoms. The van der Waals surface area contributed by atoms with Crippen LogP contribution in [0.25, 0.3) is 0 Å². The number of H-pyrrole nitrogens is 1. The Morgan fingerprint density at radius 3 is 2.62 bits per heavy atom. The number of hydrogen-bond donors (Lipinski definition) is 2. The number of carbonyl (C=O) groups is 1. The van der Waals surface area contributed by atoms with E-state index in [4.69, 9.17) is 10.00 Å². The number of rotatable bonds is 6. The number of carbonyl (C=O) groups excluding carboxylic acids is 1. The molecule has 142 valence electrons. The normalized spacial score (nSPS) is 15.5. The number of nitrogens with zero attached hydrogens (tertiary/aromatic N) is 2. The molecule has 7 heteroatoms. The maximum Gasteiger partial charge on any atom is 0.266 e. The van der Waals surface area contributed by atoms with Crippen LogP contribution in [0, 0.1) is 25.2 Å². The van der Waals surface area contributed by atoms with E-state index in [1.54, 1.807) is 13.8 Å². The molecule has 2 rings (SSSR count). The Bertz CT molecular complexity index is 755. The van der Waals surface area contributed by atoms with Gasteiger partial charge in [-0.2, -0.15) is 5.26 Å². The maximum absolute atomic E-state index is 12.3. The zero-order valence-corrected chi connectivity index (χ0v) is 16.1. The summed E-state index contributed by atoms with van der Waals surface area (Å²) in [5.74, 6) is -0.0326. The maximum atomic E-state index is 12.3. The average Bonchev–Trinajstić information content (AvgIpc) is 2.60. The number of aryl methyl sites for hydroxylation is 1. The van der Waals surface area contributed by atoms with Gasteiger partial charge >= 0.3 is 0 Å². The Hall–Kier alpha value is -2.17. The van der Waals surface area contributed by atoms with Gasteiger partial charge in [0.15, 0.2) is 0 Å². The van der Waals surface area contributed by atoms with Crippen LogP contribution < -0.4 is 10.9 Å². The van der Waals surface area contributed by atoms with Gasteiger partial charge in [0, 0.05) is 37.3 Å². The van der Waals surface area contributed by atoms with Crippen LogP contribution >= 0.6 is 0 Å². The minimum atomic E-state index is -0.372. The van der Waals surface area contributed by atoms with E-state index in [1.165, 1.54) is 0 Å². The molecular formula is C19H28N4O3. The number of amides is 1. The fourth-order valence-electron chi connectivity index (χ4n) is 3.34. The zero-order valence-electron chi connectivity index (χ0n) is 16.1. The molecule has 1 aliphatic heterocycles. The predicted molar refractivity (Wildman–Crippen MR) is 99.1 cm³/mol. The zero-order chi connectivity index (χ0) is 19.3. The van der Waals surface area contributed by atoms with Gasteiger partial charge in [0.05, 0.1) is 13.2 Å². The number of aromatic nitrogens is 1. The molecule has 0 aliphatic carbocycles. The topological polar surface area (TPSA) is 98.2 Å². The lowest BCUT2D eigenvalue weighted by molar-refractivity contribution is -0.121. The van der Waals surface area contributed by atoms with E-state index >= 15 is 0 Å². The molecule has 0 radical (unpaired) electrons. The number of hydrogen-bond acceptors (Lipinski definition) is 5. The molecule has 7 nitrogen and oxygen atoms in total. The number of morpholine rings is 1. The molecule has 0 saturated carbocycles. The van der Waals surface area contributed by atoms with Crippen molar-refractivity contribution in [2.45, 2.75) is 46.1 Å². The minimum absolute atomic E-state index is 0.0326. The Morgan fingerprint density at radius 2 is 2.00 bits per heavy atom. The van der Waals surface area contributed by atoms with Crippen LogP contribution in [0.15, 0.2) is 4.79 Å². The van der Waals surface area contributed by atoms with Gasteiger partial charge in [-0.05, 0) is 45.2 Å². The highest BCUT2D eigenvalue weighted by molar-refractivity contribution is 5.76. The SMILES string of the molecule is Cc1[nH]c(=O)c(C#N)c(C)c1CCC(=O)NCC(C)(C)N1CCOCC1. The van der Waals surface area contributed by atoms with Crippen LogP contribution in [-0.2, 0) is 16.0 Å². The number of ether oxygens (including phenoxy) is 1. The van der Waals surface area contributed by atoms with E-state index in [0.29, 0.717) is 30.6 Å². The smallest absolute Gasteiger partial charge is 0.266 e. The number of pyridine rings is 1. The third kappa shape index (κ3) is 4.71. The van der Waals surface area contributed by atoms with E-state index < -0.39 is 0 Å². The highest BCUT2D eigenvalue weighted by Crippen LogP contribution is 2.16. The second-order valence-electron chi connectivity index (χ2n) is 7.36. The van der Waals surface area contributed by atoms with Crippen molar-refractivity contribution in [2.24, 2.45) is 0 Å². The number of aromatic amines is 1. The fourth-order valence-corrected chi connectivity index (χ4v) is 3.34. The molecule has 0 unspecified atom stereocenters. The Labute approximate surface area is 154 Å². The predicted octanol–water partition coefficient (Wildman–Crippen LogP) is 1.02. The lowest BCUT2D eigenvalue weighted by Gasteiger charge is -2.40. The second kappa shape index (κ2) is 8.47. The molecule has 1 aromatic rings. The summed E-state index contributed by atoms with van der Waals surface area (Å²) in [5, 5.41) is 12.1. The van der Waals surface area contributed by atoms with Gasteiger partial charge in [0.25, 0.3) is 5.56 Å². The Kier molecular flexibility index (Phi) is 6.57. The van der Waals surface area contributed by atoms with Crippen molar-refractivity contribution < 1.29 is 9.53 Å². The van der Waals surface area contributed by atoms with E-state index in [2.05, 4.69) is 29.0 Å². The van der Waals surface area contributed by atoms with E-state index in [9.17, 15) is 9.59 Å². The summed E-state index contributed by atoms with van der Waals surface area (Å²) in [6, 6.07) is 1.94. The first-order valence-electron chi connectivity index (χ1n) is 8.98. The molecular weight excluding hydrogens is 332 g/mol. The molecule has 1 amide bonds. The van der Waals surface area contributed by atoms with Crippen molar-refractivity contribution in [3.8, 4) is 6.07 Å². The summed E-state index contributed by atoms with van der Waals surface area (Å²) in [6.45, 7) is 11.6. The van der Waals surface area contributed by atoms with Gasteiger partial charge in [-0.25, -0.2) is 0 Å². The van der Waals surface area contributed by atoms with Crippen LogP contribution in [0.1, 0.15) is 42.7 Å². The first kappa shape index (κ1) is 20.1. The highest BCUT2D eigenvalue weighted by Gasteiger charge is 2.28. The third-order valence-corrected chi connectivity index (χ3v) is 5.11. The second-order valence-corrected chi connectivity index (χ2v) is 7.36. The molecule has 1 fully saturated rings. The summed E-state index contributed by atoms with van der Waals surface area (Å²) < 4.78 is 5.38. The quantitative estimate of drug-likeness (QED) is 0.789. The van der Waals surface area contributed by atoms with Gasteiger partial charge in [0.2, 0.25) is 5.91 Å². The molecule has 2 heterocycles. The van der Waals surface area contributed by atoms with Crippen LogP contribution in [0.5, 0.6) is 0 Å². The molecule has 1 saturated heterocycles.